The fourth-order valence-electron chi connectivity index (χ4n) is 3.63. The Balaban J connectivity index is 1.97. The van der Waals surface area contributed by atoms with Crippen LogP contribution in [0.25, 0.3) is 0 Å². The van der Waals surface area contributed by atoms with E-state index in [0.29, 0.717) is 37.6 Å². The third-order valence-corrected chi connectivity index (χ3v) is 5.36. The van der Waals surface area contributed by atoms with Crippen LogP contribution in [0, 0.1) is 0 Å². The first-order valence-electron chi connectivity index (χ1n) is 11.3. The number of carbonyl (C=O) groups is 1. The van der Waals surface area contributed by atoms with Crippen LogP contribution in [0.2, 0.25) is 0 Å². The van der Waals surface area contributed by atoms with E-state index < -0.39 is 0 Å². The molecule has 0 saturated heterocycles. The van der Waals surface area contributed by atoms with E-state index in [1.165, 1.54) is 19.3 Å². The lowest BCUT2D eigenvalue weighted by atomic mass is 9.95. The highest BCUT2D eigenvalue weighted by Gasteiger charge is 2.20. The predicted molar refractivity (Wildman–Crippen MR) is 118 cm³/mol. The Labute approximate surface area is 175 Å². The van der Waals surface area contributed by atoms with Crippen molar-refractivity contribution in [1.29, 1.82) is 0 Å². The summed E-state index contributed by atoms with van der Waals surface area (Å²) in [6, 6.07) is 5.80. The van der Waals surface area contributed by atoms with Gasteiger partial charge in [-0.05, 0) is 76.6 Å². The van der Waals surface area contributed by atoms with Gasteiger partial charge in [-0.3, -0.25) is 4.79 Å². The van der Waals surface area contributed by atoms with Crippen molar-refractivity contribution in [3.8, 4) is 11.5 Å². The number of amides is 1. The Morgan fingerprint density at radius 1 is 0.897 bits per heavy atom. The molecule has 2 rings (SSSR count). The SMILES string of the molecule is NCCCCCOc1ccc(C(=O)NC2CCCCC2)c(OCCCCCN)c1. The molecular formula is C23H39N3O3. The largest absolute Gasteiger partial charge is 0.493 e. The van der Waals surface area contributed by atoms with Gasteiger partial charge in [0.1, 0.15) is 11.5 Å². The van der Waals surface area contributed by atoms with Gasteiger partial charge in [-0.25, -0.2) is 0 Å². The maximum Gasteiger partial charge on any atom is 0.255 e. The highest BCUT2D eigenvalue weighted by molar-refractivity contribution is 5.97. The minimum atomic E-state index is -0.0525. The highest BCUT2D eigenvalue weighted by Crippen LogP contribution is 2.27. The third-order valence-electron chi connectivity index (χ3n) is 5.36. The minimum Gasteiger partial charge on any atom is -0.493 e. The third kappa shape index (κ3) is 9.05. The van der Waals surface area contributed by atoms with E-state index in [-0.39, 0.29) is 11.9 Å². The molecule has 1 fully saturated rings. The van der Waals surface area contributed by atoms with E-state index in [0.717, 1.165) is 57.1 Å². The van der Waals surface area contributed by atoms with E-state index in [4.69, 9.17) is 20.9 Å². The fraction of sp³-hybridized carbons (Fsp3) is 0.696. The van der Waals surface area contributed by atoms with Gasteiger partial charge in [-0.15, -0.1) is 0 Å². The zero-order valence-electron chi connectivity index (χ0n) is 17.8. The molecule has 5 N–H and O–H groups in total. The summed E-state index contributed by atoms with van der Waals surface area (Å²) < 4.78 is 11.8. The second kappa shape index (κ2) is 14.2. The van der Waals surface area contributed by atoms with Crippen LogP contribution >= 0.6 is 0 Å². The van der Waals surface area contributed by atoms with Crippen LogP contribution in [-0.2, 0) is 0 Å². The predicted octanol–water partition coefficient (Wildman–Crippen LogP) is 3.76. The first-order chi connectivity index (χ1) is 14.2. The van der Waals surface area contributed by atoms with Crippen molar-refractivity contribution in [2.24, 2.45) is 11.5 Å². The summed E-state index contributed by atoms with van der Waals surface area (Å²) in [5.41, 5.74) is 11.7. The second-order valence-corrected chi connectivity index (χ2v) is 7.86. The lowest BCUT2D eigenvalue weighted by Gasteiger charge is -2.23. The molecule has 0 spiro atoms. The number of hydrogen-bond donors (Lipinski definition) is 3. The van der Waals surface area contributed by atoms with Crippen LogP contribution < -0.4 is 26.3 Å². The van der Waals surface area contributed by atoms with E-state index >= 15 is 0 Å². The molecule has 1 saturated carbocycles. The second-order valence-electron chi connectivity index (χ2n) is 7.86. The molecule has 0 unspecified atom stereocenters. The van der Waals surface area contributed by atoms with E-state index in [1.807, 2.05) is 18.2 Å². The van der Waals surface area contributed by atoms with E-state index in [2.05, 4.69) is 5.32 Å². The molecule has 6 nitrogen and oxygen atoms in total. The molecule has 164 valence electrons. The van der Waals surface area contributed by atoms with Gasteiger partial charge < -0.3 is 26.3 Å². The van der Waals surface area contributed by atoms with Crippen molar-refractivity contribution in [2.75, 3.05) is 26.3 Å². The maximum absolute atomic E-state index is 12.9. The van der Waals surface area contributed by atoms with Crippen LogP contribution in [0.5, 0.6) is 11.5 Å². The summed E-state index contributed by atoms with van der Waals surface area (Å²) in [5.74, 6) is 1.29. The summed E-state index contributed by atoms with van der Waals surface area (Å²) >= 11 is 0. The van der Waals surface area contributed by atoms with Gasteiger partial charge in [0.15, 0.2) is 0 Å². The van der Waals surface area contributed by atoms with Crippen molar-refractivity contribution in [1.82, 2.24) is 5.32 Å². The molecule has 0 bridgehead atoms. The van der Waals surface area contributed by atoms with Crippen molar-refractivity contribution in [3.05, 3.63) is 23.8 Å². The first-order valence-corrected chi connectivity index (χ1v) is 11.3. The summed E-state index contributed by atoms with van der Waals surface area (Å²) in [6.07, 6.45) is 11.7. The summed E-state index contributed by atoms with van der Waals surface area (Å²) in [7, 11) is 0. The average Bonchev–Trinajstić information content (AvgIpc) is 2.74. The standard InChI is InChI=1S/C23H39N3O3/c24-14-6-2-8-16-28-20-12-13-21(22(18-20)29-17-9-3-7-15-25)23(27)26-19-10-4-1-5-11-19/h12-13,18-19H,1-11,14-17,24-25H2,(H,26,27). The Bertz CT molecular complexity index is 589. The monoisotopic (exact) mass is 405 g/mol. The smallest absolute Gasteiger partial charge is 0.255 e. The normalized spacial score (nSPS) is 14.6. The number of rotatable bonds is 14. The Morgan fingerprint density at radius 2 is 1.55 bits per heavy atom. The zero-order chi connectivity index (χ0) is 20.7. The number of unbranched alkanes of at least 4 members (excludes halogenated alkanes) is 4. The summed E-state index contributed by atoms with van der Waals surface area (Å²) in [6.45, 7) is 2.63. The molecule has 29 heavy (non-hydrogen) atoms. The minimum absolute atomic E-state index is 0.0525. The molecule has 1 amide bonds. The number of hydrogen-bond acceptors (Lipinski definition) is 5. The lowest BCUT2D eigenvalue weighted by molar-refractivity contribution is 0.0923. The first kappa shape index (κ1) is 23.5. The van der Waals surface area contributed by atoms with Crippen LogP contribution in [-0.4, -0.2) is 38.3 Å². The van der Waals surface area contributed by atoms with Gasteiger partial charge >= 0.3 is 0 Å². The van der Waals surface area contributed by atoms with Crippen LogP contribution in [0.3, 0.4) is 0 Å². The van der Waals surface area contributed by atoms with Gasteiger partial charge in [0, 0.05) is 12.1 Å². The summed E-state index contributed by atoms with van der Waals surface area (Å²) in [5, 5.41) is 3.18. The van der Waals surface area contributed by atoms with Crippen molar-refractivity contribution >= 4 is 5.91 Å². The van der Waals surface area contributed by atoms with Gasteiger partial charge in [-0.2, -0.15) is 0 Å². The van der Waals surface area contributed by atoms with Crippen molar-refractivity contribution in [3.63, 3.8) is 0 Å². The highest BCUT2D eigenvalue weighted by atomic mass is 16.5. The Morgan fingerprint density at radius 3 is 2.21 bits per heavy atom. The number of carbonyl (C=O) groups excluding carboxylic acids is 1. The molecule has 0 heterocycles. The molecule has 1 aliphatic carbocycles. The van der Waals surface area contributed by atoms with Crippen LogP contribution in [0.1, 0.15) is 81.0 Å². The quantitative estimate of drug-likeness (QED) is 0.409. The fourth-order valence-corrected chi connectivity index (χ4v) is 3.63. The average molecular weight is 406 g/mol. The maximum atomic E-state index is 12.9. The molecule has 0 aliphatic heterocycles. The van der Waals surface area contributed by atoms with E-state index in [1.54, 1.807) is 0 Å². The lowest BCUT2D eigenvalue weighted by Crippen LogP contribution is -2.36. The molecule has 1 aromatic rings. The molecule has 0 aromatic heterocycles. The summed E-state index contributed by atoms with van der Waals surface area (Å²) in [4.78, 5) is 12.9. The number of ether oxygens (including phenoxy) is 2. The number of benzene rings is 1. The molecule has 1 aromatic carbocycles. The van der Waals surface area contributed by atoms with Gasteiger partial charge in [0.2, 0.25) is 0 Å². The number of nitrogens with two attached hydrogens (primary N) is 2. The van der Waals surface area contributed by atoms with Crippen LogP contribution in [0.4, 0.5) is 0 Å². The topological polar surface area (TPSA) is 99.6 Å². The van der Waals surface area contributed by atoms with Crippen molar-refractivity contribution in [2.45, 2.75) is 76.7 Å². The van der Waals surface area contributed by atoms with Gasteiger partial charge in [0.05, 0.1) is 18.8 Å². The molecular weight excluding hydrogens is 366 g/mol. The zero-order valence-corrected chi connectivity index (χ0v) is 17.8. The van der Waals surface area contributed by atoms with Crippen molar-refractivity contribution < 1.29 is 14.3 Å². The Hall–Kier alpha value is -1.79. The molecule has 0 radical (unpaired) electrons. The Kier molecular flexibility index (Phi) is 11.5. The number of nitrogens with one attached hydrogen (secondary N) is 1. The van der Waals surface area contributed by atoms with Gasteiger partial charge in [-0.1, -0.05) is 19.3 Å². The molecule has 1 aliphatic rings. The molecule has 0 atom stereocenters. The molecule has 6 heteroatoms. The van der Waals surface area contributed by atoms with E-state index in [9.17, 15) is 4.79 Å². The van der Waals surface area contributed by atoms with Gasteiger partial charge in [0.25, 0.3) is 5.91 Å². The van der Waals surface area contributed by atoms with Crippen LogP contribution in [0.15, 0.2) is 18.2 Å².